The van der Waals surface area contributed by atoms with Crippen LogP contribution >= 0.6 is 0 Å². The van der Waals surface area contributed by atoms with E-state index in [1.54, 1.807) is 6.07 Å². The molecule has 3 rings (SSSR count). The van der Waals surface area contributed by atoms with E-state index in [1.807, 2.05) is 12.1 Å². The number of hydrogen-bond acceptors (Lipinski definition) is 3. The first-order valence-electron chi connectivity index (χ1n) is 7.57. The number of amides is 1. The van der Waals surface area contributed by atoms with Gasteiger partial charge in [-0.05, 0) is 55.4 Å². The summed E-state index contributed by atoms with van der Waals surface area (Å²) in [5.41, 5.74) is 2.51. The van der Waals surface area contributed by atoms with E-state index in [0.717, 1.165) is 32.1 Å². The van der Waals surface area contributed by atoms with Crippen LogP contribution in [-0.2, 0) is 11.2 Å². The first-order chi connectivity index (χ1) is 9.72. The second-order valence-corrected chi connectivity index (χ2v) is 5.87. The topological polar surface area (TPSA) is 61.4 Å². The molecule has 0 spiro atoms. The molecule has 0 aromatic heterocycles. The average molecular weight is 274 g/mol. The molecule has 1 saturated carbocycles. The highest BCUT2D eigenvalue weighted by atomic mass is 16.3. The number of fused-ring (bicyclic) bond motifs is 1. The van der Waals surface area contributed by atoms with Gasteiger partial charge in [0.05, 0.1) is 0 Å². The standard InChI is InChI=1S/C16H22N2O2/c19-13-6-7-14-11(10-13)2-1-3-15(14)17-9-8-16(20)18-12-4-5-12/h6-7,10,12,15,17,19H,1-5,8-9H2,(H,18,20). The van der Waals surface area contributed by atoms with Crippen molar-refractivity contribution in [2.75, 3.05) is 6.54 Å². The predicted octanol–water partition coefficient (Wildman–Crippen LogP) is 2.03. The van der Waals surface area contributed by atoms with Crippen LogP contribution in [0, 0.1) is 0 Å². The van der Waals surface area contributed by atoms with Gasteiger partial charge < -0.3 is 15.7 Å². The molecule has 0 radical (unpaired) electrons. The van der Waals surface area contributed by atoms with Crippen molar-refractivity contribution in [3.8, 4) is 5.75 Å². The SMILES string of the molecule is O=C(CCNC1CCCc2cc(O)ccc21)NC1CC1. The molecule has 0 bridgehead atoms. The summed E-state index contributed by atoms with van der Waals surface area (Å²) in [7, 11) is 0. The summed E-state index contributed by atoms with van der Waals surface area (Å²) in [6.45, 7) is 0.712. The third-order valence-electron chi connectivity index (χ3n) is 4.13. The van der Waals surface area contributed by atoms with Gasteiger partial charge in [0, 0.05) is 25.0 Å². The van der Waals surface area contributed by atoms with Gasteiger partial charge in [0.1, 0.15) is 5.75 Å². The maximum atomic E-state index is 11.6. The highest BCUT2D eigenvalue weighted by Crippen LogP contribution is 2.31. The van der Waals surface area contributed by atoms with Gasteiger partial charge >= 0.3 is 0 Å². The lowest BCUT2D eigenvalue weighted by atomic mass is 9.87. The van der Waals surface area contributed by atoms with Crippen molar-refractivity contribution < 1.29 is 9.90 Å². The second-order valence-electron chi connectivity index (χ2n) is 5.87. The Labute approximate surface area is 119 Å². The maximum absolute atomic E-state index is 11.6. The zero-order valence-corrected chi connectivity index (χ0v) is 11.7. The Morgan fingerprint density at radius 3 is 2.95 bits per heavy atom. The number of hydrogen-bond donors (Lipinski definition) is 3. The monoisotopic (exact) mass is 274 g/mol. The number of phenolic OH excluding ortho intramolecular Hbond substituents is 1. The first-order valence-corrected chi connectivity index (χ1v) is 7.57. The van der Waals surface area contributed by atoms with E-state index < -0.39 is 0 Å². The van der Waals surface area contributed by atoms with E-state index in [-0.39, 0.29) is 5.91 Å². The summed E-state index contributed by atoms with van der Waals surface area (Å²) >= 11 is 0. The van der Waals surface area contributed by atoms with Crippen LogP contribution in [0.1, 0.15) is 49.3 Å². The number of carbonyl (C=O) groups is 1. The molecule has 1 amide bonds. The van der Waals surface area contributed by atoms with Gasteiger partial charge in [-0.2, -0.15) is 0 Å². The summed E-state index contributed by atoms with van der Waals surface area (Å²) in [6.07, 6.45) is 6.08. The quantitative estimate of drug-likeness (QED) is 0.770. The second kappa shape index (κ2) is 5.83. The molecule has 0 heterocycles. The number of nitrogens with one attached hydrogen (secondary N) is 2. The molecule has 1 fully saturated rings. The number of benzene rings is 1. The fraction of sp³-hybridized carbons (Fsp3) is 0.562. The van der Waals surface area contributed by atoms with Crippen molar-refractivity contribution in [2.24, 2.45) is 0 Å². The Morgan fingerprint density at radius 1 is 1.30 bits per heavy atom. The van der Waals surface area contributed by atoms with Crippen LogP contribution < -0.4 is 10.6 Å². The van der Waals surface area contributed by atoms with Crippen LogP contribution in [0.25, 0.3) is 0 Å². The zero-order valence-electron chi connectivity index (χ0n) is 11.7. The molecule has 2 aliphatic carbocycles. The summed E-state index contributed by atoms with van der Waals surface area (Å²) in [4.78, 5) is 11.6. The maximum Gasteiger partial charge on any atom is 0.221 e. The highest BCUT2D eigenvalue weighted by Gasteiger charge is 2.23. The molecule has 3 N–H and O–H groups in total. The molecule has 4 nitrogen and oxygen atoms in total. The largest absolute Gasteiger partial charge is 0.508 e. The molecule has 1 aromatic carbocycles. The molecule has 0 aliphatic heterocycles. The van der Waals surface area contributed by atoms with Crippen LogP contribution in [0.5, 0.6) is 5.75 Å². The molecule has 1 aromatic rings. The van der Waals surface area contributed by atoms with E-state index in [2.05, 4.69) is 10.6 Å². The Kier molecular flexibility index (Phi) is 3.92. The van der Waals surface area contributed by atoms with Gasteiger partial charge in [-0.1, -0.05) is 6.07 Å². The zero-order chi connectivity index (χ0) is 13.9. The van der Waals surface area contributed by atoms with Crippen molar-refractivity contribution >= 4 is 5.91 Å². The minimum absolute atomic E-state index is 0.154. The lowest BCUT2D eigenvalue weighted by Crippen LogP contribution is -2.31. The molecular weight excluding hydrogens is 252 g/mol. The summed E-state index contributed by atoms with van der Waals surface area (Å²) < 4.78 is 0. The van der Waals surface area contributed by atoms with Crippen molar-refractivity contribution in [1.82, 2.24) is 10.6 Å². The Hall–Kier alpha value is -1.55. The first kappa shape index (κ1) is 13.4. The minimum Gasteiger partial charge on any atom is -0.508 e. The smallest absolute Gasteiger partial charge is 0.221 e. The van der Waals surface area contributed by atoms with Gasteiger partial charge in [0.25, 0.3) is 0 Å². The molecule has 108 valence electrons. The summed E-state index contributed by atoms with van der Waals surface area (Å²) in [5.74, 6) is 0.495. The normalized spacial score (nSPS) is 21.3. The van der Waals surface area contributed by atoms with Crippen LogP contribution in [0.4, 0.5) is 0 Å². The lowest BCUT2D eigenvalue weighted by Gasteiger charge is -2.26. The fourth-order valence-corrected chi connectivity index (χ4v) is 2.90. The van der Waals surface area contributed by atoms with Crippen molar-refractivity contribution in [3.05, 3.63) is 29.3 Å². The van der Waals surface area contributed by atoms with Crippen LogP contribution in [0.3, 0.4) is 0 Å². The third kappa shape index (κ3) is 3.31. The number of rotatable bonds is 5. The average Bonchev–Trinajstić information content (AvgIpc) is 3.22. The molecular formula is C16H22N2O2. The van der Waals surface area contributed by atoms with Gasteiger partial charge in [-0.15, -0.1) is 0 Å². The van der Waals surface area contributed by atoms with E-state index in [0.29, 0.717) is 30.8 Å². The molecule has 2 aliphatic rings. The molecule has 0 saturated heterocycles. The summed E-state index contributed by atoms with van der Waals surface area (Å²) in [6, 6.07) is 6.38. The molecule has 1 atom stereocenters. The van der Waals surface area contributed by atoms with Crippen molar-refractivity contribution in [2.45, 2.75) is 50.6 Å². The van der Waals surface area contributed by atoms with Crippen LogP contribution in [0.2, 0.25) is 0 Å². The van der Waals surface area contributed by atoms with E-state index in [4.69, 9.17) is 0 Å². The third-order valence-corrected chi connectivity index (χ3v) is 4.13. The predicted molar refractivity (Wildman–Crippen MR) is 77.6 cm³/mol. The highest BCUT2D eigenvalue weighted by molar-refractivity contribution is 5.76. The summed E-state index contributed by atoms with van der Waals surface area (Å²) in [5, 5.41) is 16.0. The number of aryl methyl sites for hydroxylation is 1. The molecule has 1 unspecified atom stereocenters. The number of carbonyl (C=O) groups excluding carboxylic acids is 1. The fourth-order valence-electron chi connectivity index (χ4n) is 2.90. The Morgan fingerprint density at radius 2 is 2.15 bits per heavy atom. The van der Waals surface area contributed by atoms with Crippen molar-refractivity contribution in [3.63, 3.8) is 0 Å². The number of aromatic hydroxyl groups is 1. The number of phenols is 1. The van der Waals surface area contributed by atoms with Gasteiger partial charge in [-0.3, -0.25) is 4.79 Å². The Bertz CT molecular complexity index is 497. The van der Waals surface area contributed by atoms with Crippen LogP contribution in [0.15, 0.2) is 18.2 Å². The minimum atomic E-state index is 0.154. The van der Waals surface area contributed by atoms with Crippen LogP contribution in [-0.4, -0.2) is 23.6 Å². The van der Waals surface area contributed by atoms with Crippen molar-refractivity contribution in [1.29, 1.82) is 0 Å². The van der Waals surface area contributed by atoms with E-state index >= 15 is 0 Å². The van der Waals surface area contributed by atoms with Gasteiger partial charge in [0.15, 0.2) is 0 Å². The van der Waals surface area contributed by atoms with Gasteiger partial charge in [0.2, 0.25) is 5.91 Å². The lowest BCUT2D eigenvalue weighted by molar-refractivity contribution is -0.121. The van der Waals surface area contributed by atoms with E-state index in [1.165, 1.54) is 11.1 Å². The van der Waals surface area contributed by atoms with Gasteiger partial charge in [-0.25, -0.2) is 0 Å². The van der Waals surface area contributed by atoms with E-state index in [9.17, 15) is 9.90 Å². The molecule has 4 heteroatoms. The Balaban J connectivity index is 1.52. The molecule has 20 heavy (non-hydrogen) atoms.